The Labute approximate surface area is 119 Å². The number of thioether (sulfide) groups is 2. The first-order valence-electron chi connectivity index (χ1n) is 6.61. The Morgan fingerprint density at radius 1 is 1.28 bits per heavy atom. The minimum Gasteiger partial charge on any atom is -0.353 e. The van der Waals surface area contributed by atoms with Crippen molar-refractivity contribution in [2.45, 2.75) is 43.7 Å². The van der Waals surface area contributed by atoms with E-state index in [1.165, 1.54) is 6.42 Å². The van der Waals surface area contributed by atoms with Crippen LogP contribution >= 0.6 is 23.5 Å². The molecule has 0 spiro atoms. The van der Waals surface area contributed by atoms with Crippen LogP contribution in [-0.2, 0) is 9.47 Å². The lowest BCUT2D eigenvalue weighted by molar-refractivity contribution is -0.291. The Balaban J connectivity index is 2.03. The highest BCUT2D eigenvalue weighted by Crippen LogP contribution is 2.45. The lowest BCUT2D eigenvalue weighted by Gasteiger charge is -2.48. The summed E-state index contributed by atoms with van der Waals surface area (Å²) in [7, 11) is 3.93. The van der Waals surface area contributed by atoms with Crippen molar-refractivity contribution in [2.24, 2.45) is 11.8 Å². The summed E-state index contributed by atoms with van der Waals surface area (Å²) in [5, 5.41) is 0. The van der Waals surface area contributed by atoms with E-state index in [0.717, 1.165) is 11.8 Å². The molecule has 0 saturated carbocycles. The van der Waals surface area contributed by atoms with Gasteiger partial charge < -0.3 is 9.47 Å². The molecular weight excluding hydrogens is 266 g/mol. The van der Waals surface area contributed by atoms with Crippen molar-refractivity contribution in [3.05, 3.63) is 0 Å². The topological polar surface area (TPSA) is 21.7 Å². The average Bonchev–Trinajstić information content (AvgIpc) is 2.35. The maximum atomic E-state index is 6.34. The molecule has 4 unspecified atom stereocenters. The summed E-state index contributed by atoms with van der Waals surface area (Å²) in [5.41, 5.74) is 0. The van der Waals surface area contributed by atoms with Crippen LogP contribution in [0.3, 0.4) is 0 Å². The minimum absolute atomic E-state index is 0.301. The molecule has 2 rings (SSSR count). The summed E-state index contributed by atoms with van der Waals surface area (Å²) in [6.07, 6.45) is 1.48. The molecule has 5 heteroatoms. The van der Waals surface area contributed by atoms with Gasteiger partial charge in [0.2, 0.25) is 0 Å². The molecule has 0 aromatic heterocycles. The van der Waals surface area contributed by atoms with E-state index < -0.39 is 5.79 Å². The molecule has 0 N–H and O–H groups in total. The van der Waals surface area contributed by atoms with Crippen molar-refractivity contribution in [3.63, 3.8) is 0 Å². The molecule has 2 saturated heterocycles. The highest BCUT2D eigenvalue weighted by molar-refractivity contribution is 8.17. The van der Waals surface area contributed by atoms with E-state index in [0.29, 0.717) is 22.5 Å². The Hall–Kier alpha value is 0.580. The Morgan fingerprint density at radius 3 is 2.44 bits per heavy atom. The summed E-state index contributed by atoms with van der Waals surface area (Å²) in [6, 6.07) is 0. The summed E-state index contributed by atoms with van der Waals surface area (Å²) >= 11 is 4.00. The fourth-order valence-corrected chi connectivity index (χ4v) is 5.54. The normalized spacial score (nSPS) is 44.2. The third-order valence-electron chi connectivity index (χ3n) is 4.14. The second-order valence-electron chi connectivity index (χ2n) is 5.73. The van der Waals surface area contributed by atoms with Gasteiger partial charge in [0.05, 0.1) is 10.7 Å². The van der Waals surface area contributed by atoms with Gasteiger partial charge in [-0.05, 0) is 26.3 Å². The zero-order chi connectivity index (χ0) is 13.3. The second-order valence-corrected chi connectivity index (χ2v) is 8.23. The van der Waals surface area contributed by atoms with Gasteiger partial charge in [-0.2, -0.15) is 0 Å². The van der Waals surface area contributed by atoms with Gasteiger partial charge in [0.15, 0.2) is 5.79 Å². The third-order valence-corrected chi connectivity index (χ3v) is 7.33. The van der Waals surface area contributed by atoms with Gasteiger partial charge >= 0.3 is 0 Å². The second kappa shape index (κ2) is 5.92. The number of ether oxygens (including phenoxy) is 2. The number of nitrogens with zero attached hydrogens (tertiary/aromatic N) is 1. The Kier molecular flexibility index (Phi) is 4.92. The number of hydrogen-bond acceptors (Lipinski definition) is 5. The van der Waals surface area contributed by atoms with E-state index in [1.54, 1.807) is 7.11 Å². The van der Waals surface area contributed by atoms with Gasteiger partial charge in [0, 0.05) is 24.8 Å². The quantitative estimate of drug-likeness (QED) is 0.777. The first kappa shape index (κ1) is 15.0. The molecule has 0 bridgehead atoms. The van der Waals surface area contributed by atoms with Crippen LogP contribution in [0.1, 0.15) is 27.2 Å². The molecule has 2 fully saturated rings. The number of hydrogen-bond donors (Lipinski definition) is 0. The van der Waals surface area contributed by atoms with Crippen LogP contribution in [0.4, 0.5) is 0 Å². The van der Waals surface area contributed by atoms with Gasteiger partial charge in [0.25, 0.3) is 0 Å². The van der Waals surface area contributed by atoms with Gasteiger partial charge in [0.1, 0.15) is 0 Å². The van der Waals surface area contributed by atoms with Crippen molar-refractivity contribution in [1.82, 2.24) is 4.90 Å². The van der Waals surface area contributed by atoms with Crippen molar-refractivity contribution in [2.75, 3.05) is 25.9 Å². The van der Waals surface area contributed by atoms with Crippen LogP contribution < -0.4 is 0 Å². The van der Waals surface area contributed by atoms with Crippen molar-refractivity contribution in [1.29, 1.82) is 0 Å². The van der Waals surface area contributed by atoms with E-state index in [9.17, 15) is 0 Å². The Bertz CT molecular complexity index is 284. The molecule has 2 aliphatic rings. The predicted octanol–water partition coefficient (Wildman–Crippen LogP) is 3.06. The molecule has 0 aromatic rings. The van der Waals surface area contributed by atoms with E-state index in [4.69, 9.17) is 9.47 Å². The van der Waals surface area contributed by atoms with E-state index in [2.05, 4.69) is 32.7 Å². The molecule has 0 aromatic carbocycles. The molecule has 0 aliphatic carbocycles. The molecule has 0 amide bonds. The maximum Gasteiger partial charge on any atom is 0.168 e. The van der Waals surface area contributed by atoms with Crippen molar-refractivity contribution < 1.29 is 9.47 Å². The zero-order valence-electron chi connectivity index (χ0n) is 12.0. The molecule has 3 nitrogen and oxygen atoms in total. The van der Waals surface area contributed by atoms with Crippen LogP contribution in [0.5, 0.6) is 0 Å². The smallest absolute Gasteiger partial charge is 0.168 e. The van der Waals surface area contributed by atoms with Crippen molar-refractivity contribution >= 4 is 23.5 Å². The monoisotopic (exact) mass is 291 g/mol. The fraction of sp³-hybridized carbons (Fsp3) is 1.00. The Morgan fingerprint density at radius 2 is 1.89 bits per heavy atom. The van der Waals surface area contributed by atoms with Crippen LogP contribution in [0.2, 0.25) is 0 Å². The van der Waals surface area contributed by atoms with E-state index in [1.807, 2.05) is 23.5 Å². The van der Waals surface area contributed by atoms with Gasteiger partial charge in [-0.15, -0.1) is 23.5 Å². The van der Waals surface area contributed by atoms with Gasteiger partial charge in [-0.1, -0.05) is 13.8 Å². The molecule has 106 valence electrons. The molecule has 18 heavy (non-hydrogen) atoms. The van der Waals surface area contributed by atoms with Crippen molar-refractivity contribution in [3.8, 4) is 0 Å². The standard InChI is InChI=1S/C13H25NO2S2/c1-9-6-10(2)13(3,15-5)16-11(9)12-17-7-14(4)8-18-12/h9-12H,6-8H2,1-5H3. The van der Waals surface area contributed by atoms with E-state index in [-0.39, 0.29) is 0 Å². The highest BCUT2D eigenvalue weighted by atomic mass is 32.2. The van der Waals surface area contributed by atoms with Gasteiger partial charge in [-0.25, -0.2) is 0 Å². The molecule has 4 atom stereocenters. The summed E-state index contributed by atoms with van der Waals surface area (Å²) in [4.78, 5) is 2.34. The summed E-state index contributed by atoms with van der Waals surface area (Å²) in [5.74, 6) is 2.85. The lowest BCUT2D eigenvalue weighted by atomic mass is 9.84. The summed E-state index contributed by atoms with van der Waals surface area (Å²) < 4.78 is 12.5. The molecule has 0 radical (unpaired) electrons. The average molecular weight is 291 g/mol. The summed E-state index contributed by atoms with van der Waals surface area (Å²) in [6.45, 7) is 6.63. The van der Waals surface area contributed by atoms with Gasteiger partial charge in [-0.3, -0.25) is 4.90 Å². The van der Waals surface area contributed by atoms with Crippen LogP contribution in [-0.4, -0.2) is 47.3 Å². The largest absolute Gasteiger partial charge is 0.353 e. The first-order valence-corrected chi connectivity index (χ1v) is 8.70. The highest BCUT2D eigenvalue weighted by Gasteiger charge is 2.46. The van der Waals surface area contributed by atoms with Crippen LogP contribution in [0, 0.1) is 11.8 Å². The number of rotatable bonds is 2. The minimum atomic E-state index is -0.415. The molecule has 2 aliphatic heterocycles. The fourth-order valence-electron chi connectivity index (χ4n) is 2.66. The predicted molar refractivity (Wildman–Crippen MR) is 79.7 cm³/mol. The first-order chi connectivity index (χ1) is 8.46. The number of methoxy groups -OCH3 is 1. The lowest BCUT2D eigenvalue weighted by Crippen LogP contribution is -2.52. The SMILES string of the molecule is COC1(C)OC(C2SCN(C)CS2)C(C)CC1C. The third kappa shape index (κ3) is 3.01. The van der Waals surface area contributed by atoms with E-state index >= 15 is 0 Å². The molecular formula is C13H25NO2S2. The molecule has 2 heterocycles. The zero-order valence-corrected chi connectivity index (χ0v) is 13.6. The maximum absolute atomic E-state index is 6.34. The van der Waals surface area contributed by atoms with Crippen LogP contribution in [0.15, 0.2) is 0 Å². The van der Waals surface area contributed by atoms with Crippen LogP contribution in [0.25, 0.3) is 0 Å².